The molecule has 1 saturated heterocycles. The Hall–Kier alpha value is -0.500. The molecule has 2 aliphatic rings. The van der Waals surface area contributed by atoms with Crippen molar-refractivity contribution in [2.24, 2.45) is 11.8 Å². The van der Waals surface area contributed by atoms with Crippen molar-refractivity contribution in [1.29, 1.82) is 0 Å². The second kappa shape index (κ2) is 5.72. The highest BCUT2D eigenvalue weighted by Gasteiger charge is 2.26. The second-order valence-corrected chi connectivity index (χ2v) is 5.32. The molecule has 2 nitrogen and oxygen atoms in total. The van der Waals surface area contributed by atoms with Gasteiger partial charge in [-0.1, -0.05) is 19.4 Å². The summed E-state index contributed by atoms with van der Waals surface area (Å²) in [6.07, 6.45) is 11.8. The van der Waals surface area contributed by atoms with E-state index in [0.717, 1.165) is 11.8 Å². The van der Waals surface area contributed by atoms with E-state index in [1.807, 2.05) is 7.11 Å². The number of nitrogens with zero attached hydrogens (tertiary/aromatic N) is 1. The summed E-state index contributed by atoms with van der Waals surface area (Å²) in [5, 5.41) is 0. The number of piperidine rings is 1. The number of hydrogen-bond donors (Lipinski definition) is 0. The lowest BCUT2D eigenvalue weighted by atomic mass is 9.82. The topological polar surface area (TPSA) is 12.5 Å². The first-order valence-electron chi connectivity index (χ1n) is 6.77. The van der Waals surface area contributed by atoms with Gasteiger partial charge in [-0.25, -0.2) is 0 Å². The molecule has 2 fully saturated rings. The summed E-state index contributed by atoms with van der Waals surface area (Å²) >= 11 is 0. The third kappa shape index (κ3) is 3.00. The Kier molecular flexibility index (Phi) is 4.28. The van der Waals surface area contributed by atoms with Gasteiger partial charge < -0.3 is 9.64 Å². The first kappa shape index (κ1) is 12.0. The van der Waals surface area contributed by atoms with E-state index in [1.165, 1.54) is 45.2 Å². The molecule has 1 aliphatic heterocycles. The monoisotopic (exact) mass is 223 g/mol. The van der Waals surface area contributed by atoms with Crippen LogP contribution in [0.1, 0.15) is 39.0 Å². The quantitative estimate of drug-likeness (QED) is 0.726. The average molecular weight is 223 g/mol. The molecular formula is C14H25NO. The average Bonchev–Trinajstić information content (AvgIpc) is 2.28. The summed E-state index contributed by atoms with van der Waals surface area (Å²) in [6.45, 7) is 4.83. The van der Waals surface area contributed by atoms with Crippen molar-refractivity contribution in [3.8, 4) is 0 Å². The first-order chi connectivity index (χ1) is 7.81. The molecule has 2 rings (SSSR count). The summed E-state index contributed by atoms with van der Waals surface area (Å²) in [5.74, 6) is 1.75. The summed E-state index contributed by atoms with van der Waals surface area (Å²) < 4.78 is 5.29. The number of allylic oxidation sites excluding steroid dienone is 1. The molecule has 16 heavy (non-hydrogen) atoms. The van der Waals surface area contributed by atoms with Crippen LogP contribution in [-0.4, -0.2) is 31.2 Å². The van der Waals surface area contributed by atoms with E-state index < -0.39 is 0 Å². The van der Waals surface area contributed by atoms with Crippen LogP contribution in [0.4, 0.5) is 0 Å². The van der Waals surface area contributed by atoms with E-state index in [2.05, 4.69) is 24.1 Å². The number of methoxy groups -OCH3 is 1. The fourth-order valence-corrected chi connectivity index (χ4v) is 2.71. The van der Waals surface area contributed by atoms with E-state index in [-0.39, 0.29) is 0 Å². The maximum absolute atomic E-state index is 5.29. The van der Waals surface area contributed by atoms with Gasteiger partial charge in [0.1, 0.15) is 0 Å². The van der Waals surface area contributed by atoms with E-state index >= 15 is 0 Å². The first-order valence-corrected chi connectivity index (χ1v) is 6.77. The van der Waals surface area contributed by atoms with Gasteiger partial charge in [-0.3, -0.25) is 0 Å². The standard InChI is InChI=1S/C14H25NO/c1-3-12-4-7-15(8-5-12)9-6-13-10-14(11-13)16-2/h6,9,12-14H,3-5,7-8,10-11H2,1-2H3. The van der Waals surface area contributed by atoms with Gasteiger partial charge in [0, 0.05) is 20.2 Å². The molecule has 1 aliphatic carbocycles. The zero-order valence-corrected chi connectivity index (χ0v) is 10.7. The predicted molar refractivity (Wildman–Crippen MR) is 67.2 cm³/mol. The van der Waals surface area contributed by atoms with Crippen molar-refractivity contribution < 1.29 is 4.74 Å². The predicted octanol–water partition coefficient (Wildman–Crippen LogP) is 3.05. The van der Waals surface area contributed by atoms with Crippen LogP contribution in [0.2, 0.25) is 0 Å². The van der Waals surface area contributed by atoms with E-state index in [4.69, 9.17) is 4.74 Å². The molecule has 2 heteroatoms. The Labute approximate surface area is 99.7 Å². The third-order valence-corrected chi connectivity index (χ3v) is 4.26. The lowest BCUT2D eigenvalue weighted by molar-refractivity contribution is 0.0160. The molecule has 0 spiro atoms. The Morgan fingerprint density at radius 2 is 1.94 bits per heavy atom. The minimum Gasteiger partial charge on any atom is -0.381 e. The summed E-state index contributed by atoms with van der Waals surface area (Å²) in [6, 6.07) is 0. The van der Waals surface area contributed by atoms with Crippen LogP contribution in [0.15, 0.2) is 12.3 Å². The molecule has 1 saturated carbocycles. The third-order valence-electron chi connectivity index (χ3n) is 4.26. The molecule has 0 N–H and O–H groups in total. The number of ether oxygens (including phenoxy) is 1. The van der Waals surface area contributed by atoms with Crippen molar-refractivity contribution in [2.75, 3.05) is 20.2 Å². The highest BCUT2D eigenvalue weighted by Crippen LogP contribution is 2.31. The van der Waals surface area contributed by atoms with Gasteiger partial charge >= 0.3 is 0 Å². The summed E-state index contributed by atoms with van der Waals surface area (Å²) in [5.41, 5.74) is 0. The lowest BCUT2D eigenvalue weighted by Crippen LogP contribution is -2.31. The van der Waals surface area contributed by atoms with E-state index in [0.29, 0.717) is 6.10 Å². The summed E-state index contributed by atoms with van der Waals surface area (Å²) in [7, 11) is 1.82. The van der Waals surface area contributed by atoms with Crippen molar-refractivity contribution in [2.45, 2.75) is 45.1 Å². The molecule has 0 aromatic heterocycles. The smallest absolute Gasteiger partial charge is 0.0582 e. The van der Waals surface area contributed by atoms with Gasteiger partial charge in [-0.05, 0) is 43.7 Å². The Morgan fingerprint density at radius 3 is 2.50 bits per heavy atom. The SMILES string of the molecule is CCC1CCN(C=CC2CC(OC)C2)CC1. The van der Waals surface area contributed by atoms with Crippen molar-refractivity contribution >= 4 is 0 Å². The minimum absolute atomic E-state index is 0.528. The number of likely N-dealkylation sites (tertiary alicyclic amines) is 1. The zero-order chi connectivity index (χ0) is 11.4. The molecule has 0 atom stereocenters. The fourth-order valence-electron chi connectivity index (χ4n) is 2.71. The van der Waals surface area contributed by atoms with Crippen LogP contribution in [0.3, 0.4) is 0 Å². The highest BCUT2D eigenvalue weighted by molar-refractivity contribution is 4.97. The maximum atomic E-state index is 5.29. The van der Waals surface area contributed by atoms with Crippen molar-refractivity contribution in [3.05, 3.63) is 12.3 Å². The van der Waals surface area contributed by atoms with Crippen LogP contribution in [0.25, 0.3) is 0 Å². The number of hydrogen-bond acceptors (Lipinski definition) is 2. The van der Waals surface area contributed by atoms with Gasteiger partial charge in [0.05, 0.1) is 6.10 Å². The number of rotatable bonds is 4. The highest BCUT2D eigenvalue weighted by atomic mass is 16.5. The van der Waals surface area contributed by atoms with Gasteiger partial charge in [0.15, 0.2) is 0 Å². The van der Waals surface area contributed by atoms with Gasteiger partial charge in [0.25, 0.3) is 0 Å². The van der Waals surface area contributed by atoms with E-state index in [9.17, 15) is 0 Å². The Morgan fingerprint density at radius 1 is 1.25 bits per heavy atom. The van der Waals surface area contributed by atoms with Crippen LogP contribution in [0, 0.1) is 11.8 Å². The summed E-state index contributed by atoms with van der Waals surface area (Å²) in [4.78, 5) is 2.49. The molecular weight excluding hydrogens is 198 g/mol. The normalized spacial score (nSPS) is 32.0. The fraction of sp³-hybridized carbons (Fsp3) is 0.857. The molecule has 0 aromatic rings. The lowest BCUT2D eigenvalue weighted by Gasteiger charge is -2.34. The molecule has 0 unspecified atom stereocenters. The maximum Gasteiger partial charge on any atom is 0.0582 e. The molecule has 0 amide bonds. The molecule has 0 aromatic carbocycles. The molecule has 92 valence electrons. The van der Waals surface area contributed by atoms with Gasteiger partial charge in [0.2, 0.25) is 0 Å². The molecule has 0 radical (unpaired) electrons. The largest absolute Gasteiger partial charge is 0.381 e. The Bertz CT molecular complexity index is 225. The molecule has 1 heterocycles. The Balaban J connectivity index is 1.65. The van der Waals surface area contributed by atoms with Crippen LogP contribution < -0.4 is 0 Å². The second-order valence-electron chi connectivity index (χ2n) is 5.32. The van der Waals surface area contributed by atoms with Crippen molar-refractivity contribution in [3.63, 3.8) is 0 Å². The van der Waals surface area contributed by atoms with Crippen LogP contribution >= 0.6 is 0 Å². The van der Waals surface area contributed by atoms with Gasteiger partial charge in [-0.2, -0.15) is 0 Å². The van der Waals surface area contributed by atoms with Crippen LogP contribution in [-0.2, 0) is 4.74 Å². The van der Waals surface area contributed by atoms with Crippen molar-refractivity contribution in [1.82, 2.24) is 4.90 Å². The minimum atomic E-state index is 0.528. The van der Waals surface area contributed by atoms with Gasteiger partial charge in [-0.15, -0.1) is 0 Å². The zero-order valence-electron chi connectivity index (χ0n) is 10.7. The van der Waals surface area contributed by atoms with Crippen LogP contribution in [0.5, 0.6) is 0 Å². The van der Waals surface area contributed by atoms with E-state index in [1.54, 1.807) is 0 Å². The molecule has 0 bridgehead atoms.